The molecule has 7 aromatic rings. The van der Waals surface area contributed by atoms with E-state index in [1.807, 2.05) is 71.3 Å². The molecule has 0 atom stereocenters. The highest BCUT2D eigenvalue weighted by atomic mass is 32.1. The molecule has 0 aliphatic rings. The Morgan fingerprint density at radius 1 is 0.650 bits per heavy atom. The summed E-state index contributed by atoms with van der Waals surface area (Å²) in [4.78, 5) is 7.58. The molecule has 7 rings (SSSR count). The second kappa shape index (κ2) is 10.1. The van der Waals surface area contributed by atoms with Crippen LogP contribution in [-0.2, 0) is 6.54 Å². The van der Waals surface area contributed by atoms with Gasteiger partial charge in [-0.15, -0.1) is 68.0 Å². The van der Waals surface area contributed by atoms with E-state index in [-0.39, 0.29) is 0 Å². The Morgan fingerprint density at radius 3 is 1.48 bits per heavy atom. The molecule has 0 fully saturated rings. The van der Waals surface area contributed by atoms with E-state index < -0.39 is 0 Å². The number of rotatable bonds is 6. The fourth-order valence-electron chi connectivity index (χ4n) is 4.91. The van der Waals surface area contributed by atoms with E-state index in [9.17, 15) is 0 Å². The van der Waals surface area contributed by atoms with Crippen molar-refractivity contribution in [3.8, 4) is 31.6 Å². The van der Waals surface area contributed by atoms with Crippen LogP contribution in [0.4, 0.5) is 0 Å². The molecule has 0 saturated carbocycles. The Hall–Kier alpha value is -3.02. The van der Waals surface area contributed by atoms with Crippen LogP contribution in [-0.4, -0.2) is 4.57 Å². The number of hydrogen-bond donors (Lipinski definition) is 0. The summed E-state index contributed by atoms with van der Waals surface area (Å²) in [6.45, 7) is 6.96. The maximum atomic E-state index is 9.11. The van der Waals surface area contributed by atoms with Crippen LogP contribution in [0.5, 0.6) is 0 Å². The van der Waals surface area contributed by atoms with Crippen molar-refractivity contribution in [2.75, 3.05) is 0 Å². The quantitative estimate of drug-likeness (QED) is 0.172. The van der Waals surface area contributed by atoms with Crippen molar-refractivity contribution in [3.05, 3.63) is 57.3 Å². The topological polar surface area (TPSA) is 52.5 Å². The molecule has 196 valence electrons. The Labute approximate surface area is 255 Å². The standard InChI is InChI=1S/C31H21N3S6/c1-4-5-34-20-10-24(28-12-26-22(37-28)8-18(35-26)6-16(2)14-32)39-30(20)31-21(34)11-25(40-31)29-13-27-23(38-29)9-19(36-27)7-17(3)15-33/h6-13H,4-5H2,1-3H3. The predicted molar refractivity (Wildman–Crippen MR) is 181 cm³/mol. The lowest BCUT2D eigenvalue weighted by Crippen LogP contribution is -1.94. The lowest BCUT2D eigenvalue weighted by Gasteiger charge is -2.02. The van der Waals surface area contributed by atoms with E-state index in [2.05, 4.69) is 60.0 Å². The fraction of sp³-hybridized carbons (Fsp3) is 0.161. The Balaban J connectivity index is 1.28. The van der Waals surface area contributed by atoms with Crippen molar-refractivity contribution >= 4 is 119 Å². The van der Waals surface area contributed by atoms with Gasteiger partial charge in [-0.2, -0.15) is 10.5 Å². The normalized spacial score (nSPS) is 12.8. The maximum absolute atomic E-state index is 9.11. The number of hydrogen-bond acceptors (Lipinski definition) is 8. The molecule has 0 N–H and O–H groups in total. The van der Waals surface area contributed by atoms with Gasteiger partial charge < -0.3 is 4.57 Å². The van der Waals surface area contributed by atoms with Crippen molar-refractivity contribution in [1.29, 1.82) is 10.5 Å². The van der Waals surface area contributed by atoms with Crippen LogP contribution in [0.1, 0.15) is 36.9 Å². The third kappa shape index (κ3) is 4.38. The fourth-order valence-corrected chi connectivity index (χ4v) is 12.3. The van der Waals surface area contributed by atoms with E-state index in [0.29, 0.717) is 0 Å². The number of allylic oxidation sites excluding steroid dienone is 2. The molecule has 0 saturated heterocycles. The zero-order valence-corrected chi connectivity index (χ0v) is 26.7. The van der Waals surface area contributed by atoms with Crippen LogP contribution >= 0.6 is 68.0 Å². The SMILES string of the molecule is CCCn1c2cc(-c3cc4sc(C=C(C)C#N)cc4s3)sc2c2sc(-c3cc4sc(C=C(C)C#N)cc4s3)cc21. The molecule has 0 aromatic carbocycles. The number of aryl methyl sites for hydroxylation is 1. The first kappa shape index (κ1) is 25.9. The van der Waals surface area contributed by atoms with Gasteiger partial charge in [-0.25, -0.2) is 0 Å². The zero-order valence-electron chi connectivity index (χ0n) is 21.8. The maximum Gasteiger partial charge on any atom is 0.0944 e. The van der Waals surface area contributed by atoms with Gasteiger partial charge in [-0.3, -0.25) is 0 Å². The van der Waals surface area contributed by atoms with Crippen molar-refractivity contribution in [1.82, 2.24) is 4.57 Å². The minimum absolute atomic E-state index is 0.737. The molecule has 0 amide bonds. The van der Waals surface area contributed by atoms with E-state index in [0.717, 1.165) is 33.9 Å². The van der Waals surface area contributed by atoms with E-state index in [1.54, 1.807) is 22.7 Å². The highest BCUT2D eigenvalue weighted by Crippen LogP contribution is 2.49. The van der Waals surface area contributed by atoms with Gasteiger partial charge in [0.05, 0.1) is 32.6 Å². The second-order valence-corrected chi connectivity index (χ2v) is 16.2. The highest BCUT2D eigenvalue weighted by Gasteiger charge is 2.20. The molecule has 0 spiro atoms. The summed E-state index contributed by atoms with van der Waals surface area (Å²) in [5.41, 5.74) is 4.16. The first-order valence-corrected chi connectivity index (χ1v) is 17.6. The predicted octanol–water partition coefficient (Wildman–Crippen LogP) is 12.1. The molecule has 0 unspecified atom stereocenters. The van der Waals surface area contributed by atoms with Crippen molar-refractivity contribution in [2.45, 2.75) is 33.7 Å². The Bertz CT molecular complexity index is 2010. The van der Waals surface area contributed by atoms with Crippen LogP contribution < -0.4 is 0 Å². The lowest BCUT2D eigenvalue weighted by atomic mass is 10.3. The summed E-state index contributed by atoms with van der Waals surface area (Å²) < 4.78 is 10.4. The molecular formula is C31H21N3S6. The first-order valence-electron chi connectivity index (χ1n) is 12.7. The summed E-state index contributed by atoms with van der Waals surface area (Å²) in [6, 6.07) is 18.3. The van der Waals surface area contributed by atoms with Crippen LogP contribution in [0.3, 0.4) is 0 Å². The average molecular weight is 628 g/mol. The van der Waals surface area contributed by atoms with E-state index in [4.69, 9.17) is 10.5 Å². The van der Waals surface area contributed by atoms with Gasteiger partial charge in [0.25, 0.3) is 0 Å². The molecule has 3 nitrogen and oxygen atoms in total. The largest absolute Gasteiger partial charge is 0.339 e. The number of thiophene rings is 6. The third-order valence-corrected chi connectivity index (χ3v) is 14.0. The van der Waals surface area contributed by atoms with Crippen LogP contribution in [0.25, 0.3) is 70.9 Å². The van der Waals surface area contributed by atoms with Gasteiger partial charge >= 0.3 is 0 Å². The molecule has 0 bridgehead atoms. The van der Waals surface area contributed by atoms with Gasteiger partial charge in [0.2, 0.25) is 0 Å². The summed E-state index contributed by atoms with van der Waals surface area (Å²) in [5.74, 6) is 0. The molecule has 40 heavy (non-hydrogen) atoms. The number of nitrogens with zero attached hydrogens (tertiary/aromatic N) is 3. The molecular weight excluding hydrogens is 607 g/mol. The number of fused-ring (bicyclic) bond motifs is 5. The highest BCUT2D eigenvalue weighted by molar-refractivity contribution is 7.35. The molecule has 7 aromatic heterocycles. The summed E-state index contributed by atoms with van der Waals surface area (Å²) in [6.07, 6.45) is 5.03. The summed E-state index contributed by atoms with van der Waals surface area (Å²) in [7, 11) is 0. The van der Waals surface area contributed by atoms with Crippen LogP contribution in [0.15, 0.2) is 47.5 Å². The lowest BCUT2D eigenvalue weighted by molar-refractivity contribution is 0.725. The van der Waals surface area contributed by atoms with Gasteiger partial charge in [-0.1, -0.05) is 6.92 Å². The van der Waals surface area contributed by atoms with E-state index in [1.165, 1.54) is 58.7 Å². The molecule has 9 heteroatoms. The smallest absolute Gasteiger partial charge is 0.0944 e. The third-order valence-electron chi connectivity index (χ3n) is 6.67. The van der Waals surface area contributed by atoms with Crippen molar-refractivity contribution < 1.29 is 0 Å². The zero-order chi connectivity index (χ0) is 27.5. The van der Waals surface area contributed by atoms with Gasteiger partial charge in [-0.05, 0) is 68.8 Å². The molecule has 0 radical (unpaired) electrons. The first-order chi connectivity index (χ1) is 19.4. The number of aromatic nitrogens is 1. The molecule has 0 aliphatic heterocycles. The average Bonchev–Trinajstić information content (AvgIpc) is 3.74. The summed E-state index contributed by atoms with van der Waals surface area (Å²) >= 11 is 11.0. The minimum Gasteiger partial charge on any atom is -0.339 e. The number of nitriles is 2. The van der Waals surface area contributed by atoms with Crippen molar-refractivity contribution in [3.63, 3.8) is 0 Å². The van der Waals surface area contributed by atoms with Gasteiger partial charge in [0, 0.05) is 65.8 Å². The molecule has 0 aliphatic carbocycles. The minimum atomic E-state index is 0.737. The second-order valence-electron chi connectivity index (χ2n) is 9.66. The van der Waals surface area contributed by atoms with Gasteiger partial charge in [0.1, 0.15) is 0 Å². The van der Waals surface area contributed by atoms with Crippen LogP contribution in [0.2, 0.25) is 0 Å². The van der Waals surface area contributed by atoms with Gasteiger partial charge in [0.15, 0.2) is 0 Å². The Morgan fingerprint density at radius 2 is 1.07 bits per heavy atom. The van der Waals surface area contributed by atoms with Crippen LogP contribution in [0, 0.1) is 22.7 Å². The van der Waals surface area contributed by atoms with Crippen molar-refractivity contribution in [2.24, 2.45) is 0 Å². The molecule has 7 heterocycles. The summed E-state index contributed by atoms with van der Waals surface area (Å²) in [5, 5.41) is 18.2. The monoisotopic (exact) mass is 627 g/mol. The Kier molecular flexibility index (Phi) is 6.55. The van der Waals surface area contributed by atoms with E-state index >= 15 is 0 Å².